The number of hydrogen-bond acceptors (Lipinski definition) is 4. The lowest BCUT2D eigenvalue weighted by atomic mass is 10.4. The lowest BCUT2D eigenvalue weighted by Crippen LogP contribution is -1.76. The van der Waals surface area contributed by atoms with E-state index in [1.54, 1.807) is 0 Å². The Balaban J connectivity index is 2.81. The predicted octanol–water partition coefficient (Wildman–Crippen LogP) is 2.63. The van der Waals surface area contributed by atoms with E-state index >= 15 is 0 Å². The molecule has 0 aromatic carbocycles. The highest BCUT2D eigenvalue weighted by Gasteiger charge is 2.01. The minimum absolute atomic E-state index is 0.400. The first-order valence-corrected chi connectivity index (χ1v) is 4.03. The van der Waals surface area contributed by atoms with Gasteiger partial charge in [-0.1, -0.05) is 0 Å². The molecule has 0 radical (unpaired) electrons. The molecule has 0 bridgehead atoms. The van der Waals surface area contributed by atoms with Crippen molar-refractivity contribution in [1.82, 2.24) is 9.97 Å². The third-order valence-electron chi connectivity index (χ3n) is 1.36. The molecule has 2 rings (SSSR count). The van der Waals surface area contributed by atoms with Crippen molar-refractivity contribution in [2.75, 3.05) is 0 Å². The highest BCUT2D eigenvalue weighted by Crippen LogP contribution is 2.26. The summed E-state index contributed by atoms with van der Waals surface area (Å²) in [6, 6.07) is 1.86. The van der Waals surface area contributed by atoms with Crippen molar-refractivity contribution in [2.24, 2.45) is 5.11 Å². The SMILES string of the molecule is [N-]=[N+]=Nc1ncnc2ccsc12. The quantitative estimate of drug-likeness (QED) is 0.381. The van der Waals surface area contributed by atoms with E-state index in [1.165, 1.54) is 17.7 Å². The Morgan fingerprint density at radius 1 is 1.50 bits per heavy atom. The molecule has 2 heterocycles. The molecule has 12 heavy (non-hydrogen) atoms. The Labute approximate surface area is 71.3 Å². The standard InChI is InChI=1S/C6H3N5S/c7-11-10-6-5-4(1-2-12-5)8-3-9-6/h1-3H. The number of fused-ring (bicyclic) bond motifs is 1. The average molecular weight is 177 g/mol. The second kappa shape index (κ2) is 2.77. The van der Waals surface area contributed by atoms with Crippen LogP contribution in [-0.2, 0) is 0 Å². The summed E-state index contributed by atoms with van der Waals surface area (Å²) in [7, 11) is 0. The van der Waals surface area contributed by atoms with Gasteiger partial charge in [-0.15, -0.1) is 11.3 Å². The maximum atomic E-state index is 8.22. The molecule has 6 heteroatoms. The van der Waals surface area contributed by atoms with Crippen molar-refractivity contribution in [3.63, 3.8) is 0 Å². The van der Waals surface area contributed by atoms with Gasteiger partial charge >= 0.3 is 0 Å². The first kappa shape index (κ1) is 7.02. The molecule has 0 N–H and O–H groups in total. The van der Waals surface area contributed by atoms with Crippen LogP contribution in [0.25, 0.3) is 20.7 Å². The number of aromatic nitrogens is 2. The maximum Gasteiger partial charge on any atom is 0.147 e. The molecule has 0 fully saturated rings. The Hall–Kier alpha value is -1.65. The molecular weight excluding hydrogens is 174 g/mol. The molecule has 0 amide bonds. The highest BCUT2D eigenvalue weighted by molar-refractivity contribution is 7.17. The molecule has 5 nitrogen and oxygen atoms in total. The van der Waals surface area contributed by atoms with Gasteiger partial charge in [-0.3, -0.25) is 0 Å². The number of thiophene rings is 1. The zero-order chi connectivity index (χ0) is 8.39. The summed E-state index contributed by atoms with van der Waals surface area (Å²) in [6.45, 7) is 0. The Morgan fingerprint density at radius 3 is 3.25 bits per heavy atom. The number of hydrogen-bond donors (Lipinski definition) is 0. The largest absolute Gasteiger partial charge is 0.235 e. The lowest BCUT2D eigenvalue weighted by molar-refractivity contribution is 1.20. The van der Waals surface area contributed by atoms with Crippen LogP contribution < -0.4 is 0 Å². The van der Waals surface area contributed by atoms with Gasteiger partial charge in [-0.05, 0) is 22.1 Å². The van der Waals surface area contributed by atoms with Crippen molar-refractivity contribution in [1.29, 1.82) is 0 Å². The topological polar surface area (TPSA) is 74.5 Å². The van der Waals surface area contributed by atoms with Crippen molar-refractivity contribution in [3.05, 3.63) is 28.2 Å². The second-order valence-electron chi connectivity index (χ2n) is 2.02. The summed E-state index contributed by atoms with van der Waals surface area (Å²) in [4.78, 5) is 10.5. The molecule has 0 aliphatic rings. The van der Waals surface area contributed by atoms with Crippen LogP contribution in [0.15, 0.2) is 22.9 Å². The van der Waals surface area contributed by atoms with Crippen LogP contribution >= 0.6 is 11.3 Å². The van der Waals surface area contributed by atoms with Gasteiger partial charge < -0.3 is 0 Å². The third-order valence-corrected chi connectivity index (χ3v) is 2.26. The van der Waals surface area contributed by atoms with Gasteiger partial charge in [0.25, 0.3) is 0 Å². The normalized spacial score (nSPS) is 9.67. The minimum atomic E-state index is 0.400. The first-order valence-electron chi connectivity index (χ1n) is 3.15. The van der Waals surface area contributed by atoms with Gasteiger partial charge in [0.2, 0.25) is 0 Å². The molecule has 0 aliphatic heterocycles. The lowest BCUT2D eigenvalue weighted by Gasteiger charge is -1.90. The van der Waals surface area contributed by atoms with Crippen LogP contribution in [0.2, 0.25) is 0 Å². The zero-order valence-electron chi connectivity index (χ0n) is 5.88. The monoisotopic (exact) mass is 177 g/mol. The van der Waals surface area contributed by atoms with E-state index in [2.05, 4.69) is 20.0 Å². The van der Waals surface area contributed by atoms with Gasteiger partial charge in [0.1, 0.15) is 12.1 Å². The second-order valence-corrected chi connectivity index (χ2v) is 2.94. The van der Waals surface area contributed by atoms with Crippen LogP contribution in [-0.4, -0.2) is 9.97 Å². The molecule has 0 spiro atoms. The Morgan fingerprint density at radius 2 is 2.42 bits per heavy atom. The van der Waals surface area contributed by atoms with E-state index in [0.717, 1.165) is 10.2 Å². The molecule has 0 aliphatic carbocycles. The summed E-state index contributed by atoms with van der Waals surface area (Å²) >= 11 is 1.46. The third kappa shape index (κ3) is 0.990. The van der Waals surface area contributed by atoms with Crippen molar-refractivity contribution >= 4 is 27.4 Å². The molecule has 0 atom stereocenters. The van der Waals surface area contributed by atoms with E-state index in [4.69, 9.17) is 5.53 Å². The van der Waals surface area contributed by atoms with Crippen LogP contribution in [0.3, 0.4) is 0 Å². The van der Waals surface area contributed by atoms with Crippen molar-refractivity contribution in [3.8, 4) is 0 Å². The van der Waals surface area contributed by atoms with Crippen LogP contribution in [0.5, 0.6) is 0 Å². The summed E-state index contributed by atoms with van der Waals surface area (Å²) < 4.78 is 0.829. The van der Waals surface area contributed by atoms with Crippen LogP contribution in [0.1, 0.15) is 0 Å². The van der Waals surface area contributed by atoms with Crippen molar-refractivity contribution in [2.45, 2.75) is 0 Å². The summed E-state index contributed by atoms with van der Waals surface area (Å²) in [5, 5.41) is 5.33. The zero-order valence-corrected chi connectivity index (χ0v) is 6.69. The molecule has 0 saturated carbocycles. The summed E-state index contributed by atoms with van der Waals surface area (Å²) in [6.07, 6.45) is 1.39. The van der Waals surface area contributed by atoms with Crippen LogP contribution in [0.4, 0.5) is 5.82 Å². The smallest absolute Gasteiger partial charge is 0.147 e. The van der Waals surface area contributed by atoms with E-state index in [1.807, 2.05) is 11.4 Å². The fourth-order valence-electron chi connectivity index (χ4n) is 0.889. The fraction of sp³-hybridized carbons (Fsp3) is 0. The Bertz CT molecular complexity index is 456. The van der Waals surface area contributed by atoms with Crippen LogP contribution in [0, 0.1) is 0 Å². The Kier molecular flexibility index (Phi) is 1.62. The van der Waals surface area contributed by atoms with E-state index in [-0.39, 0.29) is 0 Å². The fourth-order valence-corrected chi connectivity index (χ4v) is 1.66. The number of nitrogens with zero attached hydrogens (tertiary/aromatic N) is 5. The van der Waals surface area contributed by atoms with Gasteiger partial charge in [0, 0.05) is 4.91 Å². The molecule has 2 aromatic rings. The maximum absolute atomic E-state index is 8.22. The minimum Gasteiger partial charge on any atom is -0.235 e. The summed E-state index contributed by atoms with van der Waals surface area (Å²) in [5.74, 6) is 0.400. The average Bonchev–Trinajstić information content (AvgIpc) is 2.53. The molecule has 2 aromatic heterocycles. The number of azide groups is 1. The molecule has 58 valence electrons. The molecule has 0 unspecified atom stereocenters. The molecular formula is C6H3N5S. The van der Waals surface area contributed by atoms with Gasteiger partial charge in [-0.25, -0.2) is 9.97 Å². The van der Waals surface area contributed by atoms with E-state index in [9.17, 15) is 0 Å². The highest BCUT2D eigenvalue weighted by atomic mass is 32.1. The molecule has 0 saturated heterocycles. The van der Waals surface area contributed by atoms with E-state index in [0.29, 0.717) is 5.82 Å². The van der Waals surface area contributed by atoms with Gasteiger partial charge in [0.15, 0.2) is 0 Å². The first-order chi connectivity index (χ1) is 5.92. The predicted molar refractivity (Wildman–Crippen MR) is 46.2 cm³/mol. The van der Waals surface area contributed by atoms with E-state index < -0.39 is 0 Å². The van der Waals surface area contributed by atoms with Gasteiger partial charge in [-0.2, -0.15) is 0 Å². The van der Waals surface area contributed by atoms with Crippen molar-refractivity contribution < 1.29 is 0 Å². The summed E-state index contributed by atoms with van der Waals surface area (Å²) in [5.41, 5.74) is 9.04. The number of rotatable bonds is 1. The van der Waals surface area contributed by atoms with Gasteiger partial charge in [0.05, 0.1) is 10.2 Å².